The molecule has 0 aliphatic carbocycles. The lowest BCUT2D eigenvalue weighted by molar-refractivity contribution is -0.139. The first kappa shape index (κ1) is 22.3. The summed E-state index contributed by atoms with van der Waals surface area (Å²) in [5.74, 6) is -1.91. The number of halogens is 2. The molecule has 0 spiro atoms. The summed E-state index contributed by atoms with van der Waals surface area (Å²) in [6.45, 7) is 0. The van der Waals surface area contributed by atoms with E-state index in [0.717, 1.165) is 0 Å². The molecule has 3 aromatic carbocycles. The maximum Gasteiger partial charge on any atom is 0.343 e. The lowest BCUT2D eigenvalue weighted by atomic mass is 10.1. The molecule has 2 N–H and O–H groups in total. The maximum absolute atomic E-state index is 12.3. The fourth-order valence-corrected chi connectivity index (χ4v) is 2.98. The van der Waals surface area contributed by atoms with Crippen molar-refractivity contribution >= 4 is 41.0 Å². The van der Waals surface area contributed by atoms with Gasteiger partial charge in [-0.25, -0.2) is 9.59 Å². The number of rotatable bonds is 7. The molecule has 0 radical (unpaired) electrons. The summed E-state index contributed by atoms with van der Waals surface area (Å²) < 4.78 is 5.30. The summed E-state index contributed by atoms with van der Waals surface area (Å²) in [7, 11) is 0. The second-order valence-corrected chi connectivity index (χ2v) is 7.49. The van der Waals surface area contributed by atoms with E-state index in [1.54, 1.807) is 60.7 Å². The third-order valence-electron chi connectivity index (χ3n) is 4.36. The maximum atomic E-state index is 12.3. The van der Waals surface area contributed by atoms with Gasteiger partial charge in [-0.3, -0.25) is 4.79 Å². The number of carbonyl (C=O) groups is 3. The first-order chi connectivity index (χ1) is 14.8. The van der Waals surface area contributed by atoms with Gasteiger partial charge in [-0.15, -0.1) is 0 Å². The van der Waals surface area contributed by atoms with Crippen molar-refractivity contribution in [2.75, 3.05) is 0 Å². The Hall–Kier alpha value is -3.35. The zero-order chi connectivity index (χ0) is 22.4. The number of benzene rings is 3. The van der Waals surface area contributed by atoms with Gasteiger partial charge in [0.2, 0.25) is 0 Å². The number of hydrogen-bond acceptors (Lipinski definition) is 4. The highest BCUT2D eigenvalue weighted by Gasteiger charge is 2.21. The third kappa shape index (κ3) is 6.31. The number of carboxylic acids is 1. The molecule has 3 aromatic rings. The molecule has 1 atom stereocenters. The van der Waals surface area contributed by atoms with E-state index >= 15 is 0 Å². The van der Waals surface area contributed by atoms with Gasteiger partial charge in [0.25, 0.3) is 5.91 Å². The average Bonchev–Trinajstić information content (AvgIpc) is 2.75. The lowest BCUT2D eigenvalue weighted by Gasteiger charge is -2.15. The summed E-state index contributed by atoms with van der Waals surface area (Å²) in [5, 5.41) is 13.0. The van der Waals surface area contributed by atoms with Gasteiger partial charge in [0, 0.05) is 22.0 Å². The van der Waals surface area contributed by atoms with Gasteiger partial charge in [0.1, 0.15) is 11.8 Å². The van der Waals surface area contributed by atoms with E-state index in [-0.39, 0.29) is 6.42 Å². The van der Waals surface area contributed by atoms with Crippen molar-refractivity contribution in [3.8, 4) is 5.75 Å². The monoisotopic (exact) mass is 457 g/mol. The quantitative estimate of drug-likeness (QED) is 0.398. The first-order valence-corrected chi connectivity index (χ1v) is 9.93. The van der Waals surface area contributed by atoms with Crippen LogP contribution < -0.4 is 10.1 Å². The van der Waals surface area contributed by atoms with E-state index in [1.165, 1.54) is 12.1 Å². The molecular weight excluding hydrogens is 441 g/mol. The smallest absolute Gasteiger partial charge is 0.343 e. The van der Waals surface area contributed by atoms with Crippen LogP contribution in [0.15, 0.2) is 72.8 Å². The molecular formula is C23H17Cl2NO5. The Labute approximate surface area is 188 Å². The minimum atomic E-state index is -1.17. The van der Waals surface area contributed by atoms with Gasteiger partial charge < -0.3 is 15.2 Å². The van der Waals surface area contributed by atoms with Crippen molar-refractivity contribution in [1.82, 2.24) is 5.32 Å². The van der Waals surface area contributed by atoms with Crippen LogP contribution in [-0.2, 0) is 11.2 Å². The van der Waals surface area contributed by atoms with E-state index in [9.17, 15) is 19.5 Å². The van der Waals surface area contributed by atoms with Gasteiger partial charge >= 0.3 is 11.9 Å². The van der Waals surface area contributed by atoms with Crippen molar-refractivity contribution in [3.63, 3.8) is 0 Å². The number of amides is 1. The fourth-order valence-electron chi connectivity index (χ4n) is 2.72. The Morgan fingerprint density at radius 1 is 0.806 bits per heavy atom. The highest BCUT2D eigenvalue weighted by molar-refractivity contribution is 6.31. The van der Waals surface area contributed by atoms with E-state index in [4.69, 9.17) is 27.9 Å². The Bertz CT molecular complexity index is 1080. The number of ether oxygens (including phenoxy) is 1. The topological polar surface area (TPSA) is 92.7 Å². The second-order valence-electron chi connectivity index (χ2n) is 6.62. The van der Waals surface area contributed by atoms with Crippen molar-refractivity contribution in [1.29, 1.82) is 0 Å². The molecule has 0 aromatic heterocycles. The minimum Gasteiger partial charge on any atom is -0.480 e. The number of carboxylic acid groups (broad SMARTS) is 1. The van der Waals surface area contributed by atoms with E-state index < -0.39 is 23.9 Å². The van der Waals surface area contributed by atoms with Gasteiger partial charge in [-0.2, -0.15) is 0 Å². The predicted octanol–water partition coefficient (Wildman–Crippen LogP) is 4.64. The zero-order valence-corrected chi connectivity index (χ0v) is 17.6. The normalized spacial score (nSPS) is 11.4. The molecule has 0 unspecified atom stereocenters. The molecule has 0 heterocycles. The van der Waals surface area contributed by atoms with Crippen LogP contribution >= 0.6 is 23.2 Å². The number of carbonyl (C=O) groups excluding carboxylic acids is 2. The van der Waals surface area contributed by atoms with Crippen molar-refractivity contribution in [2.24, 2.45) is 0 Å². The summed E-state index contributed by atoms with van der Waals surface area (Å²) >= 11 is 11.6. The van der Waals surface area contributed by atoms with Crippen LogP contribution in [0, 0.1) is 0 Å². The molecule has 0 bridgehead atoms. The largest absolute Gasteiger partial charge is 0.480 e. The van der Waals surface area contributed by atoms with Crippen molar-refractivity contribution in [3.05, 3.63) is 99.5 Å². The molecule has 0 aliphatic heterocycles. The molecule has 0 saturated heterocycles. The molecule has 0 saturated carbocycles. The SMILES string of the molecule is O=C(N[C@@H](Cc1ccc(OC(=O)c2ccc(Cl)cc2)cc1)C(=O)O)c1ccc(Cl)cc1. The average molecular weight is 458 g/mol. The van der Waals surface area contributed by atoms with Crippen LogP contribution in [0.1, 0.15) is 26.3 Å². The molecule has 158 valence electrons. The standard InChI is InChI=1S/C23H17Cl2NO5/c24-17-7-3-15(4-8-17)21(27)26-20(22(28)29)13-14-1-11-19(12-2-14)31-23(30)16-5-9-18(25)10-6-16/h1-12,20H,13H2,(H,26,27)(H,28,29)/t20-/m0/s1. The second kappa shape index (κ2) is 10.1. The minimum absolute atomic E-state index is 0.0556. The first-order valence-electron chi connectivity index (χ1n) is 9.18. The predicted molar refractivity (Wildman–Crippen MR) is 117 cm³/mol. The molecule has 0 fully saturated rings. The van der Waals surface area contributed by atoms with Crippen molar-refractivity contribution in [2.45, 2.75) is 12.5 Å². The Morgan fingerprint density at radius 2 is 1.32 bits per heavy atom. The number of hydrogen-bond donors (Lipinski definition) is 2. The van der Waals surface area contributed by atoms with Crippen molar-refractivity contribution < 1.29 is 24.2 Å². The molecule has 31 heavy (non-hydrogen) atoms. The van der Waals surface area contributed by atoms with Crippen LogP contribution in [0.3, 0.4) is 0 Å². The molecule has 0 aliphatic rings. The third-order valence-corrected chi connectivity index (χ3v) is 4.87. The Balaban J connectivity index is 1.62. The molecule has 6 nitrogen and oxygen atoms in total. The van der Waals surface area contributed by atoms with Crippen LogP contribution in [0.2, 0.25) is 10.0 Å². The molecule has 8 heteroatoms. The highest BCUT2D eigenvalue weighted by Crippen LogP contribution is 2.17. The van der Waals surface area contributed by atoms with Crippen LogP contribution in [0.25, 0.3) is 0 Å². The van der Waals surface area contributed by atoms with E-state index in [2.05, 4.69) is 5.32 Å². The summed E-state index contributed by atoms with van der Waals surface area (Å²) in [6.07, 6.45) is 0.0556. The van der Waals surface area contributed by atoms with Gasteiger partial charge in [0.15, 0.2) is 0 Å². The van der Waals surface area contributed by atoms with Crippen LogP contribution in [-0.4, -0.2) is 29.0 Å². The van der Waals surface area contributed by atoms with E-state index in [0.29, 0.717) is 32.5 Å². The highest BCUT2D eigenvalue weighted by atomic mass is 35.5. The number of aliphatic carboxylic acids is 1. The lowest BCUT2D eigenvalue weighted by Crippen LogP contribution is -2.42. The Morgan fingerprint density at radius 3 is 1.84 bits per heavy atom. The van der Waals surface area contributed by atoms with Gasteiger partial charge in [0.05, 0.1) is 5.56 Å². The van der Waals surface area contributed by atoms with Gasteiger partial charge in [-0.05, 0) is 66.2 Å². The summed E-state index contributed by atoms with van der Waals surface area (Å²) in [4.78, 5) is 36.1. The molecule has 3 rings (SSSR count). The number of esters is 1. The van der Waals surface area contributed by atoms with Gasteiger partial charge in [-0.1, -0.05) is 35.3 Å². The van der Waals surface area contributed by atoms with E-state index in [1.807, 2.05) is 0 Å². The molecule has 1 amide bonds. The summed E-state index contributed by atoms with van der Waals surface area (Å²) in [6, 6.07) is 17.7. The Kier molecular flexibility index (Phi) is 7.28. The number of nitrogens with one attached hydrogen (secondary N) is 1. The zero-order valence-electron chi connectivity index (χ0n) is 16.0. The fraction of sp³-hybridized carbons (Fsp3) is 0.0870. The van der Waals surface area contributed by atoms with Crippen LogP contribution in [0.4, 0.5) is 0 Å². The summed E-state index contributed by atoms with van der Waals surface area (Å²) in [5.41, 5.74) is 1.31. The van der Waals surface area contributed by atoms with Crippen LogP contribution in [0.5, 0.6) is 5.75 Å².